The first-order chi connectivity index (χ1) is 17.5. The Bertz CT molecular complexity index is 1230. The highest BCUT2D eigenvalue weighted by molar-refractivity contribution is 5.94. The number of fused-ring (bicyclic) bond motifs is 1. The third-order valence-electron chi connectivity index (χ3n) is 7.56. The number of likely N-dealkylation sites (tertiary alicyclic amines) is 1. The lowest BCUT2D eigenvalue weighted by Gasteiger charge is -2.38. The van der Waals surface area contributed by atoms with Gasteiger partial charge in [0.25, 0.3) is 5.91 Å². The van der Waals surface area contributed by atoms with Gasteiger partial charge < -0.3 is 19.7 Å². The summed E-state index contributed by atoms with van der Waals surface area (Å²) in [7, 11) is 1.74. The normalized spacial score (nSPS) is 21.1. The highest BCUT2D eigenvalue weighted by Crippen LogP contribution is 2.22. The molecule has 2 aliphatic rings. The molecule has 2 fully saturated rings. The minimum Gasteiger partial charge on any atom is -0.379 e. The summed E-state index contributed by atoms with van der Waals surface area (Å²) in [6.07, 6.45) is 4.94. The number of pyridine rings is 1. The van der Waals surface area contributed by atoms with Crippen molar-refractivity contribution in [2.75, 3.05) is 33.4 Å². The zero-order chi connectivity index (χ0) is 25.1. The number of ether oxygens (including phenoxy) is 2. The van der Waals surface area contributed by atoms with Crippen molar-refractivity contribution < 1.29 is 14.3 Å². The van der Waals surface area contributed by atoms with Crippen molar-refractivity contribution in [3.63, 3.8) is 0 Å². The number of methoxy groups -OCH3 is 1. The predicted molar refractivity (Wildman–Crippen MR) is 138 cm³/mol. The van der Waals surface area contributed by atoms with Crippen LogP contribution in [0.2, 0.25) is 0 Å². The second-order valence-electron chi connectivity index (χ2n) is 9.87. The fraction of sp³-hybridized carbons (Fsp3) is 0.500. The van der Waals surface area contributed by atoms with Gasteiger partial charge in [-0.2, -0.15) is 0 Å². The van der Waals surface area contributed by atoms with Gasteiger partial charge in [0.15, 0.2) is 0 Å². The first-order valence-electron chi connectivity index (χ1n) is 12.8. The maximum absolute atomic E-state index is 13.4. The van der Waals surface area contributed by atoms with E-state index in [2.05, 4.69) is 33.5 Å². The Kier molecular flexibility index (Phi) is 7.55. The Morgan fingerprint density at radius 2 is 1.97 bits per heavy atom. The lowest BCUT2D eigenvalue weighted by atomic mass is 9.99. The van der Waals surface area contributed by atoms with Gasteiger partial charge in [0.05, 0.1) is 18.4 Å². The molecule has 8 heteroatoms. The van der Waals surface area contributed by atoms with E-state index in [1.807, 2.05) is 30.9 Å². The fourth-order valence-electron chi connectivity index (χ4n) is 5.42. The fourth-order valence-corrected chi connectivity index (χ4v) is 5.42. The van der Waals surface area contributed by atoms with Crippen LogP contribution in [0.3, 0.4) is 0 Å². The molecule has 2 aromatic heterocycles. The number of hydrogen-bond acceptors (Lipinski definition) is 7. The van der Waals surface area contributed by atoms with E-state index in [1.54, 1.807) is 7.11 Å². The third kappa shape index (κ3) is 5.26. The van der Waals surface area contributed by atoms with Crippen LogP contribution in [0.5, 0.6) is 0 Å². The van der Waals surface area contributed by atoms with Crippen LogP contribution in [0.25, 0.3) is 10.8 Å². The summed E-state index contributed by atoms with van der Waals surface area (Å²) in [5.41, 5.74) is 4.12. The van der Waals surface area contributed by atoms with Crippen molar-refractivity contribution in [1.29, 1.82) is 0 Å². The second-order valence-corrected chi connectivity index (χ2v) is 9.87. The number of nitrogens with one attached hydrogen (secondary N) is 1. The van der Waals surface area contributed by atoms with Crippen LogP contribution in [0.4, 0.5) is 0 Å². The molecular formula is C28H35N5O3. The summed E-state index contributed by atoms with van der Waals surface area (Å²) in [5, 5.41) is 6.07. The molecule has 36 heavy (non-hydrogen) atoms. The number of benzene rings is 1. The summed E-state index contributed by atoms with van der Waals surface area (Å²) >= 11 is 0. The molecule has 0 radical (unpaired) electrons. The minimum atomic E-state index is -0.0157. The highest BCUT2D eigenvalue weighted by Gasteiger charge is 2.31. The summed E-state index contributed by atoms with van der Waals surface area (Å²) in [6.45, 7) is 6.79. The SMILES string of the molecule is COC1COCCC1NC1CCN(C(=O)c2ncnc(Cc3cc4ccccc4c(C)n3)c2C)CC1. The molecule has 2 atom stereocenters. The number of hydrogen-bond donors (Lipinski definition) is 1. The van der Waals surface area contributed by atoms with Gasteiger partial charge in [0, 0.05) is 67.6 Å². The van der Waals surface area contributed by atoms with Crippen molar-refractivity contribution in [2.24, 2.45) is 0 Å². The summed E-state index contributed by atoms with van der Waals surface area (Å²) < 4.78 is 11.1. The van der Waals surface area contributed by atoms with Crippen molar-refractivity contribution >= 4 is 16.7 Å². The van der Waals surface area contributed by atoms with Crippen LogP contribution in [0.15, 0.2) is 36.7 Å². The van der Waals surface area contributed by atoms with Crippen LogP contribution in [-0.4, -0.2) is 77.4 Å². The molecule has 1 amide bonds. The largest absolute Gasteiger partial charge is 0.379 e. The standard InChI is InChI=1S/C28H35N5O3/c1-18-25(15-22-14-20-6-4-5-7-23(20)19(2)31-22)29-17-30-27(18)28(34)33-11-8-21(9-12-33)32-24-10-13-36-16-26(24)35-3/h4-7,14,17,21,24,26,32H,8-13,15-16H2,1-3H3. The zero-order valence-electron chi connectivity index (χ0n) is 21.4. The molecule has 1 aromatic carbocycles. The second kappa shape index (κ2) is 11.0. The molecule has 1 N–H and O–H groups in total. The van der Waals surface area contributed by atoms with E-state index < -0.39 is 0 Å². The predicted octanol–water partition coefficient (Wildman–Crippen LogP) is 3.23. The van der Waals surface area contributed by atoms with Crippen LogP contribution >= 0.6 is 0 Å². The van der Waals surface area contributed by atoms with E-state index in [0.29, 0.717) is 43.9 Å². The molecule has 5 rings (SSSR count). The molecule has 0 spiro atoms. The third-order valence-corrected chi connectivity index (χ3v) is 7.56. The Morgan fingerprint density at radius 1 is 1.17 bits per heavy atom. The maximum atomic E-state index is 13.4. The minimum absolute atomic E-state index is 0.0157. The molecule has 190 valence electrons. The molecule has 0 bridgehead atoms. The summed E-state index contributed by atoms with van der Waals surface area (Å²) in [5.74, 6) is -0.0157. The summed E-state index contributed by atoms with van der Waals surface area (Å²) in [6, 6.07) is 11.0. The van der Waals surface area contributed by atoms with Crippen LogP contribution in [-0.2, 0) is 15.9 Å². The van der Waals surface area contributed by atoms with Crippen LogP contribution in [0.1, 0.15) is 52.4 Å². The summed E-state index contributed by atoms with van der Waals surface area (Å²) in [4.78, 5) is 29.0. The van der Waals surface area contributed by atoms with Gasteiger partial charge in [-0.3, -0.25) is 9.78 Å². The van der Waals surface area contributed by atoms with Crippen molar-refractivity contribution in [3.05, 3.63) is 65.0 Å². The van der Waals surface area contributed by atoms with Crippen molar-refractivity contribution in [3.8, 4) is 0 Å². The number of nitrogens with zero attached hydrogens (tertiary/aromatic N) is 4. The van der Waals surface area contributed by atoms with E-state index in [9.17, 15) is 4.79 Å². The van der Waals surface area contributed by atoms with E-state index in [0.717, 1.165) is 59.3 Å². The van der Waals surface area contributed by atoms with Gasteiger partial charge in [-0.1, -0.05) is 24.3 Å². The number of carbonyl (C=O) groups is 1. The number of aromatic nitrogens is 3. The van der Waals surface area contributed by atoms with Crippen LogP contribution in [0, 0.1) is 13.8 Å². The van der Waals surface area contributed by atoms with Crippen molar-refractivity contribution in [2.45, 2.75) is 57.7 Å². The molecular weight excluding hydrogens is 454 g/mol. The Labute approximate surface area is 212 Å². The molecule has 8 nitrogen and oxygen atoms in total. The van der Waals surface area contributed by atoms with Crippen LogP contribution < -0.4 is 5.32 Å². The number of carbonyl (C=O) groups excluding carboxylic acids is 1. The number of rotatable bonds is 6. The van der Waals surface area contributed by atoms with E-state index in [4.69, 9.17) is 14.5 Å². The monoisotopic (exact) mass is 489 g/mol. The first-order valence-corrected chi connectivity index (χ1v) is 12.8. The van der Waals surface area contributed by atoms with Crippen molar-refractivity contribution in [1.82, 2.24) is 25.2 Å². The lowest BCUT2D eigenvalue weighted by molar-refractivity contribution is -0.0533. The maximum Gasteiger partial charge on any atom is 0.272 e. The molecule has 4 heterocycles. The quantitative estimate of drug-likeness (QED) is 0.569. The number of amides is 1. The molecule has 2 aliphatic heterocycles. The Balaban J connectivity index is 1.24. The molecule has 0 saturated carbocycles. The highest BCUT2D eigenvalue weighted by atomic mass is 16.5. The van der Waals surface area contributed by atoms with Gasteiger partial charge >= 0.3 is 0 Å². The van der Waals surface area contributed by atoms with Gasteiger partial charge in [-0.05, 0) is 44.6 Å². The van der Waals surface area contributed by atoms with E-state index >= 15 is 0 Å². The van der Waals surface area contributed by atoms with Gasteiger partial charge in [0.1, 0.15) is 12.0 Å². The molecule has 2 unspecified atom stereocenters. The molecule has 0 aliphatic carbocycles. The molecule has 2 saturated heterocycles. The number of piperidine rings is 1. The topological polar surface area (TPSA) is 89.5 Å². The average Bonchev–Trinajstić information content (AvgIpc) is 2.90. The van der Waals surface area contributed by atoms with Gasteiger partial charge in [-0.15, -0.1) is 0 Å². The molecule has 3 aromatic rings. The first kappa shape index (κ1) is 24.7. The zero-order valence-corrected chi connectivity index (χ0v) is 21.4. The van der Waals surface area contributed by atoms with Gasteiger partial charge in [0.2, 0.25) is 0 Å². The van der Waals surface area contributed by atoms with E-state index in [1.165, 1.54) is 6.33 Å². The Hall–Kier alpha value is -2.94. The van der Waals surface area contributed by atoms with Gasteiger partial charge in [-0.25, -0.2) is 9.97 Å². The smallest absolute Gasteiger partial charge is 0.272 e. The lowest BCUT2D eigenvalue weighted by Crippen LogP contribution is -2.54. The average molecular weight is 490 g/mol. The number of aryl methyl sites for hydroxylation is 1. The Morgan fingerprint density at radius 3 is 2.78 bits per heavy atom. The van der Waals surface area contributed by atoms with E-state index in [-0.39, 0.29) is 12.0 Å².